The molecule has 78 valence electrons. The zero-order valence-electron chi connectivity index (χ0n) is 7.69. The fourth-order valence-corrected chi connectivity index (χ4v) is 1.57. The monoisotopic (exact) mass is 208 g/mol. The highest BCUT2D eigenvalue weighted by atomic mass is 32.2. The highest BCUT2D eigenvalue weighted by Crippen LogP contribution is 2.02. The zero-order chi connectivity index (χ0) is 10.5. The van der Waals surface area contributed by atoms with Crippen LogP contribution < -0.4 is 11.5 Å². The van der Waals surface area contributed by atoms with Crippen molar-refractivity contribution in [3.63, 3.8) is 0 Å². The summed E-state index contributed by atoms with van der Waals surface area (Å²) in [6.45, 7) is 0.528. The number of hydrogen-bond acceptors (Lipinski definition) is 5. The summed E-state index contributed by atoms with van der Waals surface area (Å²) >= 11 is 0. The summed E-state index contributed by atoms with van der Waals surface area (Å²) in [7, 11) is -3.63. The number of hydrogen-bond donors (Lipinski definition) is 2. The van der Waals surface area contributed by atoms with E-state index < -0.39 is 21.0 Å². The highest BCUT2D eigenvalue weighted by molar-refractivity contribution is 8.05. The largest absolute Gasteiger partial charge is 0.330 e. The Morgan fingerprint density at radius 1 is 1.38 bits per heavy atom. The van der Waals surface area contributed by atoms with Crippen molar-refractivity contribution in [3.8, 4) is 0 Å². The van der Waals surface area contributed by atoms with E-state index >= 15 is 0 Å². The maximum Gasteiger partial charge on any atom is 0.262 e. The molecular formula is C7H16N2O3S. The SMILES string of the molecule is CS(=O)(=O)C(=O)[C@@H](N)CCCCN. The summed E-state index contributed by atoms with van der Waals surface area (Å²) in [6.07, 6.45) is 2.69. The van der Waals surface area contributed by atoms with Crippen LogP contribution >= 0.6 is 0 Å². The van der Waals surface area contributed by atoms with Crippen LogP contribution in [0.1, 0.15) is 19.3 Å². The Morgan fingerprint density at radius 2 is 1.92 bits per heavy atom. The lowest BCUT2D eigenvalue weighted by molar-refractivity contribution is -0.113. The average Bonchev–Trinajstić information content (AvgIpc) is 2.01. The van der Waals surface area contributed by atoms with E-state index in [2.05, 4.69) is 0 Å². The molecule has 0 aliphatic heterocycles. The van der Waals surface area contributed by atoms with E-state index in [0.717, 1.165) is 12.7 Å². The molecule has 0 saturated heterocycles. The lowest BCUT2D eigenvalue weighted by Gasteiger charge is -2.07. The minimum Gasteiger partial charge on any atom is -0.330 e. The molecule has 13 heavy (non-hydrogen) atoms. The smallest absolute Gasteiger partial charge is 0.262 e. The second-order valence-corrected chi connectivity index (χ2v) is 4.93. The number of unbranched alkanes of at least 4 members (excludes halogenated alkanes) is 1. The van der Waals surface area contributed by atoms with Crippen molar-refractivity contribution in [3.05, 3.63) is 0 Å². The van der Waals surface area contributed by atoms with Gasteiger partial charge in [0.1, 0.15) is 0 Å². The summed E-state index contributed by atoms with van der Waals surface area (Å²) in [5, 5.41) is -0.885. The molecule has 0 aromatic rings. The summed E-state index contributed by atoms with van der Waals surface area (Å²) in [4.78, 5) is 11.0. The maximum atomic E-state index is 11.0. The quantitative estimate of drug-likeness (QED) is 0.565. The lowest BCUT2D eigenvalue weighted by atomic mass is 10.1. The first-order valence-corrected chi connectivity index (χ1v) is 5.98. The maximum absolute atomic E-state index is 11.0. The van der Waals surface area contributed by atoms with E-state index in [-0.39, 0.29) is 0 Å². The van der Waals surface area contributed by atoms with E-state index in [1.54, 1.807) is 0 Å². The first-order valence-electron chi connectivity index (χ1n) is 4.09. The highest BCUT2D eigenvalue weighted by Gasteiger charge is 2.22. The molecule has 0 unspecified atom stereocenters. The number of rotatable bonds is 5. The molecular weight excluding hydrogens is 192 g/mol. The van der Waals surface area contributed by atoms with Gasteiger partial charge < -0.3 is 11.5 Å². The van der Waals surface area contributed by atoms with Gasteiger partial charge in [0.15, 0.2) is 0 Å². The van der Waals surface area contributed by atoms with Crippen LogP contribution in [-0.4, -0.2) is 32.4 Å². The molecule has 0 saturated carbocycles. The van der Waals surface area contributed by atoms with Gasteiger partial charge in [-0.1, -0.05) is 6.42 Å². The molecule has 0 bridgehead atoms. The fraction of sp³-hybridized carbons (Fsp3) is 0.857. The van der Waals surface area contributed by atoms with E-state index in [1.165, 1.54) is 0 Å². The molecule has 1 atom stereocenters. The first-order chi connectivity index (χ1) is 5.89. The van der Waals surface area contributed by atoms with Crippen LogP contribution in [0.15, 0.2) is 0 Å². The molecule has 0 rings (SSSR count). The normalized spacial score (nSPS) is 14.1. The van der Waals surface area contributed by atoms with Crippen molar-refractivity contribution >= 4 is 15.0 Å². The van der Waals surface area contributed by atoms with Gasteiger partial charge in [-0.15, -0.1) is 0 Å². The molecule has 0 radical (unpaired) electrons. The Bertz CT molecular complexity index is 261. The van der Waals surface area contributed by atoms with Crippen molar-refractivity contribution in [1.82, 2.24) is 0 Å². The van der Waals surface area contributed by atoms with Gasteiger partial charge in [0.25, 0.3) is 5.12 Å². The van der Waals surface area contributed by atoms with Crippen molar-refractivity contribution in [2.75, 3.05) is 12.8 Å². The molecule has 0 aliphatic rings. The molecule has 0 aromatic heterocycles. The lowest BCUT2D eigenvalue weighted by Crippen LogP contribution is -2.35. The molecule has 0 aliphatic carbocycles. The van der Waals surface area contributed by atoms with Gasteiger partial charge in [-0.05, 0) is 19.4 Å². The standard InChI is InChI=1S/C7H16N2O3S/c1-13(11,12)7(10)6(9)4-2-3-5-8/h6H,2-5,8-9H2,1H3/t6-/m0/s1. The Hall–Kier alpha value is -0.460. The second-order valence-electron chi connectivity index (χ2n) is 2.98. The minimum absolute atomic E-state index is 0.378. The molecule has 0 fully saturated rings. The van der Waals surface area contributed by atoms with E-state index in [0.29, 0.717) is 19.4 Å². The summed E-state index contributed by atoms with van der Waals surface area (Å²) < 4.78 is 21.5. The third kappa shape index (κ3) is 4.97. The van der Waals surface area contributed by atoms with Crippen LogP contribution in [0.3, 0.4) is 0 Å². The Labute approximate surface area is 78.4 Å². The number of carbonyl (C=O) groups is 1. The van der Waals surface area contributed by atoms with E-state index in [4.69, 9.17) is 11.5 Å². The number of nitrogens with two attached hydrogens (primary N) is 2. The van der Waals surface area contributed by atoms with E-state index in [9.17, 15) is 13.2 Å². The van der Waals surface area contributed by atoms with Gasteiger partial charge in [-0.25, -0.2) is 8.42 Å². The molecule has 0 spiro atoms. The Morgan fingerprint density at radius 3 is 2.31 bits per heavy atom. The van der Waals surface area contributed by atoms with Crippen LogP contribution in [0.4, 0.5) is 0 Å². The van der Waals surface area contributed by atoms with Gasteiger partial charge >= 0.3 is 0 Å². The van der Waals surface area contributed by atoms with Crippen molar-refractivity contribution in [2.24, 2.45) is 11.5 Å². The Kier molecular flexibility index (Phi) is 5.12. The van der Waals surface area contributed by atoms with Crippen LogP contribution in [-0.2, 0) is 14.6 Å². The van der Waals surface area contributed by atoms with Crippen LogP contribution in [0.25, 0.3) is 0 Å². The first kappa shape index (κ1) is 12.5. The fourth-order valence-electron chi connectivity index (χ4n) is 0.901. The van der Waals surface area contributed by atoms with Gasteiger partial charge in [0, 0.05) is 6.26 Å². The predicted octanol–water partition coefficient (Wildman–Crippen LogP) is -0.986. The van der Waals surface area contributed by atoms with Gasteiger partial charge in [0.05, 0.1) is 6.04 Å². The molecule has 0 aromatic carbocycles. The third-order valence-electron chi connectivity index (χ3n) is 1.64. The predicted molar refractivity (Wildman–Crippen MR) is 50.7 cm³/mol. The summed E-state index contributed by atoms with van der Waals surface area (Å²) in [6, 6.07) is -0.901. The summed E-state index contributed by atoms with van der Waals surface area (Å²) in [5.41, 5.74) is 10.6. The minimum atomic E-state index is -3.63. The van der Waals surface area contributed by atoms with Crippen molar-refractivity contribution in [2.45, 2.75) is 25.3 Å². The van der Waals surface area contributed by atoms with Crippen molar-refractivity contribution < 1.29 is 13.2 Å². The van der Waals surface area contributed by atoms with Crippen molar-refractivity contribution in [1.29, 1.82) is 0 Å². The topological polar surface area (TPSA) is 103 Å². The number of carbonyl (C=O) groups excluding carboxylic acids is 1. The molecule has 4 N–H and O–H groups in total. The van der Waals surface area contributed by atoms with Crippen LogP contribution in [0.5, 0.6) is 0 Å². The van der Waals surface area contributed by atoms with Gasteiger partial charge in [0.2, 0.25) is 9.84 Å². The van der Waals surface area contributed by atoms with E-state index in [1.807, 2.05) is 0 Å². The third-order valence-corrected chi connectivity index (χ3v) is 2.67. The van der Waals surface area contributed by atoms with Gasteiger partial charge in [-0.2, -0.15) is 0 Å². The van der Waals surface area contributed by atoms with Gasteiger partial charge in [-0.3, -0.25) is 4.79 Å². The zero-order valence-corrected chi connectivity index (χ0v) is 8.51. The van der Waals surface area contributed by atoms with Crippen LogP contribution in [0, 0.1) is 0 Å². The molecule has 0 amide bonds. The average molecular weight is 208 g/mol. The Balaban J connectivity index is 3.98. The molecule has 5 nitrogen and oxygen atoms in total. The second kappa shape index (κ2) is 5.31. The number of sulfone groups is 1. The van der Waals surface area contributed by atoms with Crippen LogP contribution in [0.2, 0.25) is 0 Å². The molecule has 0 heterocycles. The summed E-state index contributed by atoms with van der Waals surface area (Å²) in [5.74, 6) is 0. The molecule has 6 heteroatoms.